The monoisotopic (exact) mass is 462 g/mol. The smallest absolute Gasteiger partial charge is 0.0599 e. The Morgan fingerprint density at radius 2 is 1.72 bits per heavy atom. The molecule has 0 aromatic heterocycles. The van der Waals surface area contributed by atoms with E-state index in [1.807, 2.05) is 19.1 Å². The van der Waals surface area contributed by atoms with Crippen molar-refractivity contribution in [2.24, 2.45) is 0 Å². The number of nitrogens with zero attached hydrogens (tertiary/aromatic N) is 1. The summed E-state index contributed by atoms with van der Waals surface area (Å²) in [5.74, 6) is 0. The molecule has 1 atom stereocenters. The lowest BCUT2D eigenvalue weighted by molar-refractivity contribution is 0.144. The number of hydrogen-bond acceptors (Lipinski definition) is 4. The third kappa shape index (κ3) is 11.1. The highest BCUT2D eigenvalue weighted by Gasteiger charge is 2.19. The van der Waals surface area contributed by atoms with Gasteiger partial charge in [-0.05, 0) is 68.1 Å². The van der Waals surface area contributed by atoms with Gasteiger partial charge in [0.1, 0.15) is 0 Å². The molecule has 180 valence electrons. The highest BCUT2D eigenvalue weighted by molar-refractivity contribution is 6.30. The van der Waals surface area contributed by atoms with Crippen LogP contribution in [0, 0.1) is 6.92 Å². The molecule has 0 heterocycles. The molecule has 0 saturated carbocycles. The van der Waals surface area contributed by atoms with Crippen LogP contribution in [0.3, 0.4) is 0 Å². The van der Waals surface area contributed by atoms with Crippen LogP contribution in [0.5, 0.6) is 0 Å². The van der Waals surface area contributed by atoms with Crippen molar-refractivity contribution < 1.29 is 9.47 Å². The van der Waals surface area contributed by atoms with Gasteiger partial charge in [-0.15, -0.1) is 13.2 Å². The van der Waals surface area contributed by atoms with E-state index >= 15 is 0 Å². The van der Waals surface area contributed by atoms with Crippen molar-refractivity contribution in [1.29, 1.82) is 0 Å². The second-order valence-electron chi connectivity index (χ2n) is 7.38. The van der Waals surface area contributed by atoms with E-state index in [2.05, 4.69) is 81.6 Å². The summed E-state index contributed by atoms with van der Waals surface area (Å²) >= 11 is 6.17. The Morgan fingerprint density at radius 1 is 1.03 bits per heavy atom. The number of benzene rings is 2. The van der Waals surface area contributed by atoms with E-state index in [9.17, 15) is 0 Å². The lowest BCUT2D eigenvalue weighted by Crippen LogP contribution is -2.27. The van der Waals surface area contributed by atoms with Gasteiger partial charge in [-0.25, -0.2) is 0 Å². The van der Waals surface area contributed by atoms with Crippen molar-refractivity contribution in [3.8, 4) is 0 Å². The first kappa shape index (κ1) is 30.2. The highest BCUT2D eigenvalue weighted by atomic mass is 35.5. The minimum absolute atomic E-state index is 0.123. The molecule has 1 unspecified atom stereocenters. The van der Waals surface area contributed by atoms with E-state index in [4.69, 9.17) is 21.1 Å². The van der Waals surface area contributed by atoms with E-state index in [1.165, 1.54) is 22.4 Å². The first-order chi connectivity index (χ1) is 15.5. The number of hydrogen-bond donors (Lipinski definition) is 1. The van der Waals surface area contributed by atoms with Crippen molar-refractivity contribution in [3.63, 3.8) is 0 Å². The first-order valence-corrected chi connectivity index (χ1v) is 11.7. The van der Waals surface area contributed by atoms with Crippen LogP contribution in [-0.4, -0.2) is 47.6 Å². The first-order valence-electron chi connectivity index (χ1n) is 11.3. The number of anilines is 1. The molecule has 2 aromatic rings. The number of halogens is 1. The van der Waals surface area contributed by atoms with E-state index in [0.717, 1.165) is 44.2 Å². The van der Waals surface area contributed by atoms with Gasteiger partial charge in [-0.3, -0.25) is 0 Å². The maximum absolute atomic E-state index is 6.17. The van der Waals surface area contributed by atoms with E-state index in [0.29, 0.717) is 0 Å². The fourth-order valence-electron chi connectivity index (χ4n) is 3.26. The van der Waals surface area contributed by atoms with Crippen LogP contribution in [0.15, 0.2) is 55.6 Å². The Kier molecular flexibility index (Phi) is 17.6. The van der Waals surface area contributed by atoms with E-state index in [-0.39, 0.29) is 6.04 Å². The van der Waals surface area contributed by atoms with Gasteiger partial charge >= 0.3 is 0 Å². The summed E-state index contributed by atoms with van der Waals surface area (Å²) in [6, 6.07) is 14.8. The molecule has 2 rings (SSSR count). The number of rotatable bonds is 11. The third-order valence-corrected chi connectivity index (χ3v) is 4.93. The molecule has 2 aromatic carbocycles. The lowest BCUT2D eigenvalue weighted by atomic mass is 9.93. The van der Waals surface area contributed by atoms with Crippen molar-refractivity contribution in [1.82, 2.24) is 5.32 Å². The summed E-state index contributed by atoms with van der Waals surface area (Å²) in [5, 5.41) is 4.49. The Bertz CT molecular complexity index is 735. The van der Waals surface area contributed by atoms with Crippen molar-refractivity contribution >= 4 is 17.3 Å². The number of para-hydroxylation sites is 1. The summed E-state index contributed by atoms with van der Waals surface area (Å²) in [6.45, 7) is 15.6. The minimum atomic E-state index is 0.123. The molecule has 0 bridgehead atoms. The molecule has 0 radical (unpaired) electrons. The van der Waals surface area contributed by atoms with Crippen molar-refractivity contribution in [3.05, 3.63) is 77.3 Å². The highest BCUT2D eigenvalue weighted by Crippen LogP contribution is 2.32. The third-order valence-electron chi connectivity index (χ3n) is 4.70. The van der Waals surface area contributed by atoms with Crippen molar-refractivity contribution in [2.45, 2.75) is 39.7 Å². The van der Waals surface area contributed by atoms with Crippen LogP contribution in [0.25, 0.3) is 0 Å². The van der Waals surface area contributed by atoms with Gasteiger partial charge in [0, 0.05) is 51.7 Å². The number of aryl methyl sites for hydroxylation is 1. The predicted octanol–water partition coefficient (Wildman–Crippen LogP) is 6.67. The second-order valence-corrected chi connectivity index (χ2v) is 7.82. The van der Waals surface area contributed by atoms with Gasteiger partial charge < -0.3 is 19.7 Å². The molecule has 0 fully saturated rings. The molecule has 32 heavy (non-hydrogen) atoms. The maximum Gasteiger partial charge on any atom is 0.0599 e. The zero-order valence-corrected chi connectivity index (χ0v) is 21.7. The average molecular weight is 463 g/mol. The molecule has 5 heteroatoms. The SMILES string of the molecule is C=C.CCCOC.CCOCCCNC(c1ccc(Cl)cc1C)c1ccccc1N(C)C. The lowest BCUT2D eigenvalue weighted by Gasteiger charge is -2.27. The van der Waals surface area contributed by atoms with Gasteiger partial charge in [0.2, 0.25) is 0 Å². The van der Waals surface area contributed by atoms with E-state index < -0.39 is 0 Å². The van der Waals surface area contributed by atoms with Gasteiger partial charge in [-0.2, -0.15) is 0 Å². The molecular formula is C27H43ClN2O2. The molecule has 0 spiro atoms. The van der Waals surface area contributed by atoms with Crippen LogP contribution in [0.2, 0.25) is 5.02 Å². The average Bonchev–Trinajstić information content (AvgIpc) is 2.79. The minimum Gasteiger partial charge on any atom is -0.385 e. The fraction of sp³-hybridized carbons (Fsp3) is 0.481. The van der Waals surface area contributed by atoms with E-state index in [1.54, 1.807) is 7.11 Å². The van der Waals surface area contributed by atoms with Gasteiger partial charge in [0.05, 0.1) is 6.04 Å². The molecule has 0 amide bonds. The molecule has 4 nitrogen and oxygen atoms in total. The predicted molar refractivity (Wildman–Crippen MR) is 141 cm³/mol. The molecule has 0 aliphatic carbocycles. The number of methoxy groups -OCH3 is 1. The fourth-order valence-corrected chi connectivity index (χ4v) is 3.49. The Morgan fingerprint density at radius 3 is 2.25 bits per heavy atom. The second kappa shape index (κ2) is 18.7. The maximum atomic E-state index is 6.17. The Hall–Kier alpha value is -1.85. The van der Waals surface area contributed by atoms with Crippen molar-refractivity contribution in [2.75, 3.05) is 52.5 Å². The number of ether oxygens (including phenoxy) is 2. The van der Waals surface area contributed by atoms with Crippen LogP contribution in [0.1, 0.15) is 49.4 Å². The molecule has 0 aliphatic rings. The zero-order chi connectivity index (χ0) is 24.4. The molecular weight excluding hydrogens is 420 g/mol. The van der Waals surface area contributed by atoms with Crippen LogP contribution in [-0.2, 0) is 9.47 Å². The Balaban J connectivity index is 0.00000121. The van der Waals surface area contributed by atoms with Crippen LogP contribution < -0.4 is 10.2 Å². The molecule has 0 aliphatic heterocycles. The zero-order valence-electron chi connectivity index (χ0n) is 20.9. The standard InChI is InChI=1S/C21H29ClN2O.C4H10O.C2H4/c1-5-25-14-8-13-23-21(18-12-11-17(22)15-16(18)2)19-9-6-7-10-20(19)24(3)4;1-3-4-5-2;1-2/h6-7,9-12,15,21,23H,5,8,13-14H2,1-4H3;3-4H2,1-2H3;1-2H2. The van der Waals surface area contributed by atoms with Gasteiger partial charge in [-0.1, -0.05) is 42.8 Å². The summed E-state index contributed by atoms with van der Waals surface area (Å²) in [5.41, 5.74) is 4.95. The quantitative estimate of drug-likeness (QED) is 0.299. The number of nitrogens with one attached hydrogen (secondary N) is 1. The topological polar surface area (TPSA) is 33.7 Å². The van der Waals surface area contributed by atoms with Crippen LogP contribution >= 0.6 is 11.6 Å². The normalized spacial score (nSPS) is 11.0. The largest absolute Gasteiger partial charge is 0.385 e. The summed E-state index contributed by atoms with van der Waals surface area (Å²) < 4.78 is 10.2. The van der Waals surface area contributed by atoms with Gasteiger partial charge in [0.15, 0.2) is 0 Å². The molecule has 0 saturated heterocycles. The summed E-state index contributed by atoms with van der Waals surface area (Å²) in [6.07, 6.45) is 2.11. The molecule has 1 N–H and O–H groups in total. The van der Waals surface area contributed by atoms with Crippen LogP contribution in [0.4, 0.5) is 5.69 Å². The Labute approximate surface area is 201 Å². The van der Waals surface area contributed by atoms with Gasteiger partial charge in [0.25, 0.3) is 0 Å². The summed E-state index contributed by atoms with van der Waals surface area (Å²) in [7, 11) is 5.88. The summed E-state index contributed by atoms with van der Waals surface area (Å²) in [4.78, 5) is 2.16.